The number of hydrazone groups is 1. The van der Waals surface area contributed by atoms with Crippen molar-refractivity contribution in [2.45, 2.75) is 25.8 Å². The maximum atomic E-state index is 5.20. The van der Waals surface area contributed by atoms with Crippen LogP contribution in [0.25, 0.3) is 0 Å². The van der Waals surface area contributed by atoms with Gasteiger partial charge < -0.3 is 4.42 Å². The number of rotatable bonds is 2. The first-order valence-corrected chi connectivity index (χ1v) is 6.65. The number of nitrogens with zero attached hydrogens (tertiary/aromatic N) is 2. The number of aliphatic imine (C=N–C) groups is 1. The Morgan fingerprint density at radius 1 is 1.25 bits per heavy atom. The van der Waals surface area contributed by atoms with E-state index in [9.17, 15) is 0 Å². The topological polar surface area (TPSA) is 49.9 Å². The Hall–Kier alpha value is -2.36. The largest absolute Gasteiger partial charge is 0.463 e. The third-order valence-corrected chi connectivity index (χ3v) is 3.22. The van der Waals surface area contributed by atoms with Crippen molar-refractivity contribution in [3.8, 4) is 0 Å². The highest BCUT2D eigenvalue weighted by molar-refractivity contribution is 6.01. The van der Waals surface area contributed by atoms with Crippen LogP contribution in [0.3, 0.4) is 0 Å². The maximum absolute atomic E-state index is 5.20. The van der Waals surface area contributed by atoms with E-state index in [1.165, 1.54) is 5.56 Å². The summed E-state index contributed by atoms with van der Waals surface area (Å²) in [5.41, 5.74) is 5.33. The summed E-state index contributed by atoms with van der Waals surface area (Å²) in [6, 6.07) is 12.0. The summed E-state index contributed by atoms with van der Waals surface area (Å²) >= 11 is 0. The van der Waals surface area contributed by atoms with Gasteiger partial charge in [0.1, 0.15) is 11.6 Å². The lowest BCUT2D eigenvalue weighted by Gasteiger charge is -2.28. The second-order valence-electron chi connectivity index (χ2n) is 5.49. The van der Waals surface area contributed by atoms with Crippen LogP contribution in [-0.4, -0.2) is 17.6 Å². The minimum atomic E-state index is -0.114. The predicted octanol–water partition coefficient (Wildman–Crippen LogP) is 2.98. The van der Waals surface area contributed by atoms with Gasteiger partial charge in [0.15, 0.2) is 0 Å². The van der Waals surface area contributed by atoms with Gasteiger partial charge in [-0.2, -0.15) is 5.10 Å². The lowest BCUT2D eigenvalue weighted by Crippen LogP contribution is -2.34. The van der Waals surface area contributed by atoms with Gasteiger partial charge >= 0.3 is 0 Å². The third kappa shape index (κ3) is 2.64. The maximum Gasteiger partial charge on any atom is 0.149 e. The Kier molecular flexibility index (Phi) is 3.14. The lowest BCUT2D eigenvalue weighted by atomic mass is 9.89. The van der Waals surface area contributed by atoms with E-state index in [0.29, 0.717) is 5.76 Å². The summed E-state index contributed by atoms with van der Waals surface area (Å²) in [6.45, 7) is 4.25. The molecule has 4 nitrogen and oxygen atoms in total. The van der Waals surface area contributed by atoms with Gasteiger partial charge in [-0.1, -0.05) is 24.3 Å². The fraction of sp³-hybridized carbons (Fsp3) is 0.250. The van der Waals surface area contributed by atoms with Crippen LogP contribution in [0.2, 0.25) is 0 Å². The van der Waals surface area contributed by atoms with Crippen molar-refractivity contribution >= 4 is 12.1 Å². The molecule has 4 heteroatoms. The molecule has 1 aromatic carbocycles. The Labute approximate surface area is 118 Å². The minimum absolute atomic E-state index is 0.114. The molecule has 0 saturated carbocycles. The molecule has 0 atom stereocenters. The molecule has 0 spiro atoms. The van der Waals surface area contributed by atoms with Gasteiger partial charge in [-0.15, -0.1) is 0 Å². The van der Waals surface area contributed by atoms with Crippen molar-refractivity contribution in [1.82, 2.24) is 5.43 Å². The monoisotopic (exact) mass is 267 g/mol. The molecule has 102 valence electrons. The Balaban J connectivity index is 1.85. The van der Waals surface area contributed by atoms with Crippen LogP contribution < -0.4 is 5.43 Å². The average molecular weight is 267 g/mol. The van der Waals surface area contributed by atoms with E-state index in [1.807, 2.05) is 18.2 Å². The lowest BCUT2D eigenvalue weighted by molar-refractivity contribution is 0.509. The first-order chi connectivity index (χ1) is 9.64. The summed E-state index contributed by atoms with van der Waals surface area (Å²) in [5.74, 6) is 1.51. The van der Waals surface area contributed by atoms with Crippen LogP contribution in [0.1, 0.15) is 30.7 Å². The van der Waals surface area contributed by atoms with Gasteiger partial charge in [-0.05, 0) is 38.0 Å². The van der Waals surface area contributed by atoms with E-state index in [0.717, 1.165) is 17.8 Å². The number of fused-ring (bicyclic) bond motifs is 1. The number of benzene rings is 1. The van der Waals surface area contributed by atoms with Gasteiger partial charge in [0.25, 0.3) is 0 Å². The van der Waals surface area contributed by atoms with E-state index < -0.39 is 0 Å². The van der Waals surface area contributed by atoms with E-state index in [2.05, 4.69) is 42.6 Å². The summed E-state index contributed by atoms with van der Waals surface area (Å²) in [4.78, 5) is 4.74. The van der Waals surface area contributed by atoms with E-state index in [1.54, 1.807) is 12.5 Å². The molecule has 0 unspecified atom stereocenters. The molecule has 1 N–H and O–H groups in total. The molecular formula is C16H17N3O. The highest BCUT2D eigenvalue weighted by atomic mass is 16.3. The molecule has 0 fully saturated rings. The van der Waals surface area contributed by atoms with Gasteiger partial charge in [-0.3, -0.25) is 10.4 Å². The van der Waals surface area contributed by atoms with Crippen LogP contribution in [0.4, 0.5) is 0 Å². The number of nitrogens with one attached hydrogen (secondary N) is 1. The van der Waals surface area contributed by atoms with Gasteiger partial charge in [-0.25, -0.2) is 0 Å². The van der Waals surface area contributed by atoms with E-state index in [-0.39, 0.29) is 5.54 Å². The molecule has 0 amide bonds. The van der Waals surface area contributed by atoms with E-state index in [4.69, 9.17) is 9.41 Å². The van der Waals surface area contributed by atoms with Crippen molar-refractivity contribution in [3.05, 3.63) is 59.5 Å². The highest BCUT2D eigenvalue weighted by Gasteiger charge is 2.26. The van der Waals surface area contributed by atoms with Crippen LogP contribution in [-0.2, 0) is 6.42 Å². The molecule has 0 bridgehead atoms. The van der Waals surface area contributed by atoms with Crippen molar-refractivity contribution in [3.63, 3.8) is 0 Å². The molecule has 1 aromatic heterocycles. The summed E-state index contributed by atoms with van der Waals surface area (Å²) in [7, 11) is 0. The summed E-state index contributed by atoms with van der Waals surface area (Å²) < 4.78 is 5.20. The second-order valence-corrected chi connectivity index (χ2v) is 5.49. The fourth-order valence-electron chi connectivity index (χ4n) is 2.38. The van der Waals surface area contributed by atoms with Crippen LogP contribution in [0.15, 0.2) is 57.2 Å². The van der Waals surface area contributed by atoms with Crippen molar-refractivity contribution in [2.24, 2.45) is 10.1 Å². The molecule has 3 rings (SSSR count). The van der Waals surface area contributed by atoms with Crippen LogP contribution in [0.5, 0.6) is 0 Å². The first kappa shape index (κ1) is 12.7. The highest BCUT2D eigenvalue weighted by Crippen LogP contribution is 2.25. The number of amidine groups is 1. The average Bonchev–Trinajstić information content (AvgIpc) is 2.90. The Morgan fingerprint density at radius 3 is 2.90 bits per heavy atom. The van der Waals surface area contributed by atoms with Crippen molar-refractivity contribution < 1.29 is 4.42 Å². The standard InChI is InChI=1S/C16H17N3O/c1-16(2)10-12-6-3-4-8-14(12)15(18-16)19-17-11-13-7-5-9-20-13/h3-9,11H,10H2,1-2H3,(H,18,19). The zero-order chi connectivity index (χ0) is 14.0. The van der Waals surface area contributed by atoms with Gasteiger partial charge in [0.2, 0.25) is 0 Å². The number of hydrogen-bond acceptors (Lipinski definition) is 4. The number of hydrogen-bond donors (Lipinski definition) is 1. The normalized spacial score (nSPS) is 16.8. The molecule has 0 radical (unpaired) electrons. The third-order valence-electron chi connectivity index (χ3n) is 3.22. The van der Waals surface area contributed by atoms with Crippen LogP contribution in [0, 0.1) is 0 Å². The zero-order valence-electron chi connectivity index (χ0n) is 11.6. The fourth-order valence-corrected chi connectivity index (χ4v) is 2.38. The second kappa shape index (κ2) is 4.96. The molecular weight excluding hydrogens is 250 g/mol. The molecule has 2 aromatic rings. The molecule has 0 aliphatic carbocycles. The smallest absolute Gasteiger partial charge is 0.149 e. The molecule has 1 aliphatic rings. The van der Waals surface area contributed by atoms with Gasteiger partial charge in [0.05, 0.1) is 18.0 Å². The number of furan rings is 1. The van der Waals surface area contributed by atoms with E-state index >= 15 is 0 Å². The summed E-state index contributed by atoms with van der Waals surface area (Å²) in [6.07, 6.45) is 4.21. The molecule has 2 heterocycles. The van der Waals surface area contributed by atoms with Crippen LogP contribution >= 0.6 is 0 Å². The Morgan fingerprint density at radius 2 is 2.10 bits per heavy atom. The zero-order valence-corrected chi connectivity index (χ0v) is 11.6. The molecule has 20 heavy (non-hydrogen) atoms. The predicted molar refractivity (Wildman–Crippen MR) is 80.2 cm³/mol. The summed E-state index contributed by atoms with van der Waals surface area (Å²) in [5, 5.41) is 4.20. The molecule has 0 saturated heterocycles. The Bertz CT molecular complexity index is 654. The van der Waals surface area contributed by atoms with Gasteiger partial charge in [0, 0.05) is 5.56 Å². The molecule has 1 aliphatic heterocycles. The van der Waals surface area contributed by atoms with Crippen molar-refractivity contribution in [2.75, 3.05) is 0 Å². The van der Waals surface area contributed by atoms with Crippen molar-refractivity contribution in [1.29, 1.82) is 0 Å². The minimum Gasteiger partial charge on any atom is -0.463 e. The SMILES string of the molecule is CC1(C)Cc2ccccc2C(NN=Cc2ccco2)=N1. The quantitative estimate of drug-likeness (QED) is 0.671. The first-order valence-electron chi connectivity index (χ1n) is 6.65.